The maximum absolute atomic E-state index is 10.3. The average Bonchev–Trinajstić information content (AvgIpc) is 3.34. The molecule has 1 aromatic heterocycles. The number of rotatable bonds is 3. The molecule has 6 heteroatoms. The number of fused-ring (bicyclic) bond motifs is 3. The minimum absolute atomic E-state index is 0.0277. The lowest BCUT2D eigenvalue weighted by Gasteiger charge is -2.38. The molecule has 0 amide bonds. The molecule has 2 aromatic carbocycles. The zero-order valence-electron chi connectivity index (χ0n) is 15.6. The van der Waals surface area contributed by atoms with E-state index in [0.717, 1.165) is 33.2 Å². The molecule has 2 atom stereocenters. The highest BCUT2D eigenvalue weighted by atomic mass is 32.1. The number of thiophene rings is 1. The Morgan fingerprint density at radius 3 is 2.79 bits per heavy atom. The van der Waals surface area contributed by atoms with Gasteiger partial charge in [-0.1, -0.05) is 24.3 Å². The second-order valence-electron chi connectivity index (χ2n) is 6.98. The third-order valence-electron chi connectivity index (χ3n) is 5.34. The van der Waals surface area contributed by atoms with E-state index in [1.807, 2.05) is 35.3 Å². The van der Waals surface area contributed by atoms with Gasteiger partial charge >= 0.3 is 0 Å². The standard InChI is InChI=1S/C22H20N2O3S/c1-13-10-11-28-21(13)22-24-17(15-7-5-9-19(26-2)20(15)27-22)12-16(23-24)14-6-3-4-8-18(14)25/h3-11,17,22,25H,12H2,1-2H3/t17-,22+/m0/s1. The summed E-state index contributed by atoms with van der Waals surface area (Å²) >= 11 is 1.67. The van der Waals surface area contributed by atoms with Crippen LogP contribution in [0.25, 0.3) is 0 Å². The molecule has 3 aromatic rings. The summed E-state index contributed by atoms with van der Waals surface area (Å²) in [6.45, 7) is 2.09. The average molecular weight is 392 g/mol. The highest BCUT2D eigenvalue weighted by Crippen LogP contribution is 2.51. The van der Waals surface area contributed by atoms with E-state index in [1.54, 1.807) is 24.5 Å². The van der Waals surface area contributed by atoms with Gasteiger partial charge in [-0.25, -0.2) is 5.01 Å². The van der Waals surface area contributed by atoms with Crippen LogP contribution in [0.2, 0.25) is 0 Å². The first-order valence-corrected chi connectivity index (χ1v) is 10.1. The normalized spacial score (nSPS) is 20.2. The molecule has 0 bridgehead atoms. The number of methoxy groups -OCH3 is 1. The highest BCUT2D eigenvalue weighted by Gasteiger charge is 2.43. The molecule has 1 N–H and O–H groups in total. The Balaban J connectivity index is 1.65. The summed E-state index contributed by atoms with van der Waals surface area (Å²) in [5.74, 6) is 1.75. The number of para-hydroxylation sites is 2. The van der Waals surface area contributed by atoms with Gasteiger partial charge in [0.05, 0.1) is 23.7 Å². The lowest BCUT2D eigenvalue weighted by molar-refractivity contribution is -0.0188. The largest absolute Gasteiger partial charge is 0.507 e. The molecule has 0 saturated heterocycles. The van der Waals surface area contributed by atoms with Crippen molar-refractivity contribution in [2.24, 2.45) is 5.10 Å². The molecule has 28 heavy (non-hydrogen) atoms. The Labute approximate surface area is 167 Å². The number of ether oxygens (including phenoxy) is 2. The number of hydrogen-bond donors (Lipinski definition) is 1. The van der Waals surface area contributed by atoms with Crippen molar-refractivity contribution in [1.29, 1.82) is 0 Å². The zero-order valence-corrected chi connectivity index (χ0v) is 16.4. The molecule has 0 spiro atoms. The molecule has 0 radical (unpaired) electrons. The van der Waals surface area contributed by atoms with Crippen molar-refractivity contribution in [3.63, 3.8) is 0 Å². The van der Waals surface area contributed by atoms with E-state index in [2.05, 4.69) is 24.4 Å². The van der Waals surface area contributed by atoms with Crippen molar-refractivity contribution in [3.8, 4) is 17.2 Å². The lowest BCUT2D eigenvalue weighted by Crippen LogP contribution is -2.33. The van der Waals surface area contributed by atoms with E-state index >= 15 is 0 Å². The quantitative estimate of drug-likeness (QED) is 0.680. The van der Waals surface area contributed by atoms with Gasteiger partial charge in [0.25, 0.3) is 0 Å². The van der Waals surface area contributed by atoms with Gasteiger partial charge in [-0.15, -0.1) is 11.3 Å². The summed E-state index contributed by atoms with van der Waals surface area (Å²) in [6.07, 6.45) is 0.374. The summed E-state index contributed by atoms with van der Waals surface area (Å²) in [4.78, 5) is 1.13. The summed E-state index contributed by atoms with van der Waals surface area (Å²) < 4.78 is 12.0. The van der Waals surface area contributed by atoms with Crippen molar-refractivity contribution in [1.82, 2.24) is 5.01 Å². The summed E-state index contributed by atoms with van der Waals surface area (Å²) in [7, 11) is 1.66. The van der Waals surface area contributed by atoms with Crippen molar-refractivity contribution < 1.29 is 14.6 Å². The number of benzene rings is 2. The van der Waals surface area contributed by atoms with E-state index in [4.69, 9.17) is 14.6 Å². The Morgan fingerprint density at radius 2 is 2.04 bits per heavy atom. The van der Waals surface area contributed by atoms with E-state index in [0.29, 0.717) is 6.42 Å². The van der Waals surface area contributed by atoms with Gasteiger partial charge < -0.3 is 14.6 Å². The van der Waals surface area contributed by atoms with Gasteiger partial charge in [-0.05, 0) is 42.1 Å². The predicted molar refractivity (Wildman–Crippen MR) is 109 cm³/mol. The fourth-order valence-corrected chi connectivity index (χ4v) is 4.88. The molecule has 142 valence electrons. The maximum Gasteiger partial charge on any atom is 0.223 e. The van der Waals surface area contributed by atoms with E-state index in [9.17, 15) is 5.11 Å². The van der Waals surface area contributed by atoms with Crippen LogP contribution in [0.1, 0.15) is 40.3 Å². The number of aromatic hydroxyl groups is 1. The fraction of sp³-hybridized carbons (Fsp3) is 0.227. The molecule has 0 aliphatic carbocycles. The Kier molecular flexibility index (Phi) is 4.02. The summed E-state index contributed by atoms with van der Waals surface area (Å²) in [5.41, 5.74) is 3.86. The van der Waals surface area contributed by atoms with Crippen LogP contribution in [0.5, 0.6) is 17.2 Å². The van der Waals surface area contributed by atoms with Crippen LogP contribution in [-0.2, 0) is 0 Å². The van der Waals surface area contributed by atoms with Crippen molar-refractivity contribution in [2.45, 2.75) is 25.6 Å². The van der Waals surface area contributed by atoms with Crippen LogP contribution >= 0.6 is 11.3 Å². The monoisotopic (exact) mass is 392 g/mol. The SMILES string of the molecule is COc1cccc2c1O[C@H](c1sccc1C)N1N=C(c3ccccc3O)C[C@@H]21. The van der Waals surface area contributed by atoms with Gasteiger partial charge in [-0.2, -0.15) is 5.10 Å². The van der Waals surface area contributed by atoms with Gasteiger partial charge in [0, 0.05) is 17.5 Å². The molecule has 3 heterocycles. The first-order valence-electron chi connectivity index (χ1n) is 9.19. The third-order valence-corrected chi connectivity index (χ3v) is 6.39. The number of aryl methyl sites for hydroxylation is 1. The van der Waals surface area contributed by atoms with Crippen molar-refractivity contribution in [2.75, 3.05) is 7.11 Å². The van der Waals surface area contributed by atoms with Gasteiger partial charge in [0.2, 0.25) is 6.23 Å². The second-order valence-corrected chi connectivity index (χ2v) is 7.93. The van der Waals surface area contributed by atoms with E-state index < -0.39 is 0 Å². The minimum Gasteiger partial charge on any atom is -0.507 e. The van der Waals surface area contributed by atoms with Gasteiger partial charge in [0.1, 0.15) is 5.75 Å². The number of phenols is 1. The Hall–Kier alpha value is -2.99. The molecule has 0 unspecified atom stereocenters. The molecular weight excluding hydrogens is 372 g/mol. The Morgan fingerprint density at radius 1 is 1.18 bits per heavy atom. The number of hydrazone groups is 1. The molecule has 2 aliphatic heterocycles. The molecule has 5 nitrogen and oxygen atoms in total. The summed E-state index contributed by atoms with van der Waals surface area (Å²) in [6, 6.07) is 15.4. The minimum atomic E-state index is -0.322. The second kappa shape index (κ2) is 6.56. The molecule has 0 saturated carbocycles. The topological polar surface area (TPSA) is 54.3 Å². The Bertz CT molecular complexity index is 1080. The predicted octanol–water partition coefficient (Wildman–Crippen LogP) is 5.01. The summed E-state index contributed by atoms with van der Waals surface area (Å²) in [5, 5.41) is 19.3. The van der Waals surface area contributed by atoms with Crippen LogP contribution in [-0.4, -0.2) is 22.9 Å². The zero-order chi connectivity index (χ0) is 19.3. The van der Waals surface area contributed by atoms with Crippen molar-refractivity contribution in [3.05, 3.63) is 75.5 Å². The third kappa shape index (κ3) is 2.56. The van der Waals surface area contributed by atoms with Crippen molar-refractivity contribution >= 4 is 17.0 Å². The molecule has 5 rings (SSSR count). The van der Waals surface area contributed by atoms with Crippen LogP contribution in [0.15, 0.2) is 59.0 Å². The van der Waals surface area contributed by atoms with Crippen LogP contribution < -0.4 is 9.47 Å². The fourth-order valence-electron chi connectivity index (χ4n) is 3.94. The molecule has 0 fully saturated rings. The van der Waals surface area contributed by atoms with E-state index in [-0.39, 0.29) is 18.0 Å². The smallest absolute Gasteiger partial charge is 0.223 e. The van der Waals surface area contributed by atoms with E-state index in [1.165, 1.54) is 5.56 Å². The van der Waals surface area contributed by atoms with Crippen LogP contribution in [0.4, 0.5) is 0 Å². The lowest BCUT2D eigenvalue weighted by atomic mass is 9.95. The number of hydrogen-bond acceptors (Lipinski definition) is 6. The first kappa shape index (κ1) is 17.1. The van der Waals surface area contributed by atoms with Gasteiger partial charge in [0.15, 0.2) is 11.5 Å². The van der Waals surface area contributed by atoms with Crippen LogP contribution in [0.3, 0.4) is 0 Å². The van der Waals surface area contributed by atoms with Gasteiger partial charge in [-0.3, -0.25) is 0 Å². The number of nitrogens with zero attached hydrogens (tertiary/aromatic N) is 2. The molecular formula is C22H20N2O3S. The maximum atomic E-state index is 10.3. The van der Waals surface area contributed by atoms with Crippen LogP contribution in [0, 0.1) is 6.92 Å². The first-order chi connectivity index (χ1) is 13.7. The molecule has 2 aliphatic rings. The number of phenolic OH excluding ortho intramolecular Hbond substituents is 1. The highest BCUT2D eigenvalue weighted by molar-refractivity contribution is 7.10.